The molecular weight excluding hydrogens is 222 g/mol. The van der Waals surface area contributed by atoms with Crippen LogP contribution in [0.5, 0.6) is 11.5 Å². The molecule has 17 heavy (non-hydrogen) atoms. The van der Waals surface area contributed by atoms with Crippen LogP contribution in [0.2, 0.25) is 0 Å². The molecule has 5 heteroatoms. The molecule has 0 aliphatic rings. The number of rotatable bonds is 6. The van der Waals surface area contributed by atoms with Crippen LogP contribution in [-0.2, 0) is 11.3 Å². The van der Waals surface area contributed by atoms with E-state index >= 15 is 0 Å². The quantitative estimate of drug-likeness (QED) is 0.782. The Morgan fingerprint density at radius 3 is 2.71 bits per heavy atom. The first-order valence-corrected chi connectivity index (χ1v) is 5.29. The zero-order valence-corrected chi connectivity index (χ0v) is 10.2. The van der Waals surface area contributed by atoms with Gasteiger partial charge in [-0.3, -0.25) is 0 Å². The first kappa shape index (κ1) is 13.3. The minimum Gasteiger partial charge on any atom is -0.493 e. The van der Waals surface area contributed by atoms with Crippen molar-refractivity contribution < 1.29 is 19.4 Å². The standard InChI is InChI=1S/C12H17NO4/c1-8(12(14)15)17-11-6-9(7-13-2)4-5-10(11)16-3/h4-6,8,13H,7H2,1-3H3,(H,14,15). The van der Waals surface area contributed by atoms with Crippen LogP contribution in [0.25, 0.3) is 0 Å². The van der Waals surface area contributed by atoms with Crippen LogP contribution in [0.3, 0.4) is 0 Å². The van der Waals surface area contributed by atoms with Crippen LogP contribution >= 0.6 is 0 Å². The molecule has 2 N–H and O–H groups in total. The SMILES string of the molecule is CNCc1ccc(OC)c(OC(C)C(=O)O)c1. The molecule has 0 heterocycles. The summed E-state index contributed by atoms with van der Waals surface area (Å²) in [4.78, 5) is 10.7. The Kier molecular flexibility index (Phi) is 4.78. The molecule has 1 aromatic carbocycles. The summed E-state index contributed by atoms with van der Waals surface area (Å²) in [5, 5.41) is 11.8. The van der Waals surface area contributed by atoms with Crippen molar-refractivity contribution in [2.24, 2.45) is 0 Å². The van der Waals surface area contributed by atoms with Crippen molar-refractivity contribution in [2.45, 2.75) is 19.6 Å². The third-order valence-corrected chi connectivity index (χ3v) is 2.26. The first-order chi connectivity index (χ1) is 8.08. The number of carboxylic acids is 1. The molecule has 0 aliphatic heterocycles. The Labute approximate surface area is 100 Å². The Morgan fingerprint density at radius 2 is 2.18 bits per heavy atom. The lowest BCUT2D eigenvalue weighted by molar-refractivity contribution is -0.144. The summed E-state index contributed by atoms with van der Waals surface area (Å²) in [6.07, 6.45) is -0.909. The van der Waals surface area contributed by atoms with E-state index in [0.29, 0.717) is 18.0 Å². The van der Waals surface area contributed by atoms with Gasteiger partial charge in [-0.05, 0) is 31.7 Å². The van der Waals surface area contributed by atoms with E-state index in [1.165, 1.54) is 14.0 Å². The minimum absolute atomic E-state index is 0.440. The third-order valence-electron chi connectivity index (χ3n) is 2.26. The highest BCUT2D eigenvalue weighted by atomic mass is 16.5. The van der Waals surface area contributed by atoms with E-state index in [1.807, 2.05) is 13.1 Å². The lowest BCUT2D eigenvalue weighted by Crippen LogP contribution is -2.23. The highest BCUT2D eigenvalue weighted by molar-refractivity contribution is 5.72. The van der Waals surface area contributed by atoms with Crippen molar-refractivity contribution in [3.8, 4) is 11.5 Å². The highest BCUT2D eigenvalue weighted by Gasteiger charge is 2.15. The highest BCUT2D eigenvalue weighted by Crippen LogP contribution is 2.29. The second-order valence-corrected chi connectivity index (χ2v) is 3.61. The summed E-state index contributed by atoms with van der Waals surface area (Å²) in [7, 11) is 3.36. The van der Waals surface area contributed by atoms with Crippen LogP contribution in [0.4, 0.5) is 0 Å². The molecule has 0 radical (unpaired) electrons. The molecular formula is C12H17NO4. The van der Waals surface area contributed by atoms with Crippen molar-refractivity contribution in [2.75, 3.05) is 14.2 Å². The monoisotopic (exact) mass is 239 g/mol. The number of ether oxygens (including phenoxy) is 2. The molecule has 1 unspecified atom stereocenters. The van der Waals surface area contributed by atoms with Gasteiger partial charge in [-0.15, -0.1) is 0 Å². The molecule has 94 valence electrons. The van der Waals surface area contributed by atoms with Gasteiger partial charge in [0.05, 0.1) is 7.11 Å². The van der Waals surface area contributed by atoms with Crippen LogP contribution in [0.1, 0.15) is 12.5 Å². The van der Waals surface area contributed by atoms with E-state index in [1.54, 1.807) is 12.1 Å². The van der Waals surface area contributed by atoms with Gasteiger partial charge in [-0.1, -0.05) is 6.07 Å². The predicted molar refractivity (Wildman–Crippen MR) is 63.5 cm³/mol. The maximum atomic E-state index is 10.7. The molecule has 5 nitrogen and oxygen atoms in total. The number of hydrogen-bond acceptors (Lipinski definition) is 4. The Bertz CT molecular complexity index is 392. The topological polar surface area (TPSA) is 67.8 Å². The normalized spacial score (nSPS) is 11.9. The van der Waals surface area contributed by atoms with Gasteiger partial charge in [0.2, 0.25) is 0 Å². The Hall–Kier alpha value is -1.75. The van der Waals surface area contributed by atoms with Crippen molar-refractivity contribution in [3.63, 3.8) is 0 Å². The molecule has 0 spiro atoms. The summed E-state index contributed by atoms with van der Waals surface area (Å²) in [6.45, 7) is 2.16. The number of methoxy groups -OCH3 is 1. The van der Waals surface area contributed by atoms with Gasteiger partial charge in [0.25, 0.3) is 0 Å². The van der Waals surface area contributed by atoms with Gasteiger partial charge < -0.3 is 19.9 Å². The second kappa shape index (κ2) is 6.10. The van der Waals surface area contributed by atoms with Crippen LogP contribution < -0.4 is 14.8 Å². The molecule has 0 saturated heterocycles. The third kappa shape index (κ3) is 3.64. The van der Waals surface area contributed by atoms with Gasteiger partial charge in [-0.2, -0.15) is 0 Å². The average Bonchev–Trinajstić information content (AvgIpc) is 2.29. The number of nitrogens with one attached hydrogen (secondary N) is 1. The smallest absolute Gasteiger partial charge is 0.344 e. The molecule has 1 rings (SSSR count). The lowest BCUT2D eigenvalue weighted by atomic mass is 10.2. The fourth-order valence-corrected chi connectivity index (χ4v) is 1.37. The summed E-state index contributed by atoms with van der Waals surface area (Å²) >= 11 is 0. The minimum atomic E-state index is -1.01. The van der Waals surface area contributed by atoms with Gasteiger partial charge in [0, 0.05) is 6.54 Å². The summed E-state index contributed by atoms with van der Waals surface area (Å²) in [5.41, 5.74) is 1.00. The molecule has 0 bridgehead atoms. The van der Waals surface area contributed by atoms with Crippen LogP contribution in [0, 0.1) is 0 Å². The fraction of sp³-hybridized carbons (Fsp3) is 0.417. The zero-order chi connectivity index (χ0) is 12.8. The van der Waals surface area contributed by atoms with Crippen molar-refractivity contribution in [3.05, 3.63) is 23.8 Å². The molecule has 0 aliphatic carbocycles. The molecule has 0 amide bonds. The molecule has 1 aromatic rings. The summed E-state index contributed by atoms with van der Waals surface area (Å²) < 4.78 is 10.5. The largest absolute Gasteiger partial charge is 0.493 e. The van der Waals surface area contributed by atoms with E-state index in [-0.39, 0.29) is 0 Å². The maximum absolute atomic E-state index is 10.7. The van der Waals surface area contributed by atoms with E-state index in [9.17, 15) is 4.79 Å². The van der Waals surface area contributed by atoms with E-state index in [2.05, 4.69) is 5.32 Å². The molecule has 0 aromatic heterocycles. The lowest BCUT2D eigenvalue weighted by Gasteiger charge is -2.14. The van der Waals surface area contributed by atoms with Gasteiger partial charge in [0.1, 0.15) is 0 Å². The molecule has 0 fully saturated rings. The van der Waals surface area contributed by atoms with Gasteiger partial charge in [-0.25, -0.2) is 4.79 Å². The predicted octanol–water partition coefficient (Wildman–Crippen LogP) is 1.27. The van der Waals surface area contributed by atoms with E-state index in [4.69, 9.17) is 14.6 Å². The molecule has 0 saturated carbocycles. The van der Waals surface area contributed by atoms with Crippen molar-refractivity contribution >= 4 is 5.97 Å². The Morgan fingerprint density at radius 1 is 1.47 bits per heavy atom. The number of benzene rings is 1. The number of hydrogen-bond donors (Lipinski definition) is 2. The number of carboxylic acid groups (broad SMARTS) is 1. The summed E-state index contributed by atoms with van der Waals surface area (Å²) in [5.74, 6) is -0.0424. The van der Waals surface area contributed by atoms with Crippen LogP contribution in [0.15, 0.2) is 18.2 Å². The number of carbonyl (C=O) groups is 1. The van der Waals surface area contributed by atoms with E-state index < -0.39 is 12.1 Å². The maximum Gasteiger partial charge on any atom is 0.344 e. The second-order valence-electron chi connectivity index (χ2n) is 3.61. The number of aliphatic carboxylic acids is 1. The zero-order valence-electron chi connectivity index (χ0n) is 10.2. The van der Waals surface area contributed by atoms with Gasteiger partial charge >= 0.3 is 5.97 Å². The van der Waals surface area contributed by atoms with Crippen LogP contribution in [-0.4, -0.2) is 31.3 Å². The fourth-order valence-electron chi connectivity index (χ4n) is 1.37. The van der Waals surface area contributed by atoms with E-state index in [0.717, 1.165) is 5.56 Å². The average molecular weight is 239 g/mol. The van der Waals surface area contributed by atoms with Crippen molar-refractivity contribution in [1.29, 1.82) is 0 Å². The Balaban J connectivity index is 2.93. The van der Waals surface area contributed by atoms with Crippen molar-refractivity contribution in [1.82, 2.24) is 5.32 Å². The summed E-state index contributed by atoms with van der Waals surface area (Å²) in [6, 6.07) is 5.43. The van der Waals surface area contributed by atoms with Gasteiger partial charge in [0.15, 0.2) is 17.6 Å². The first-order valence-electron chi connectivity index (χ1n) is 5.29. The molecule has 1 atom stereocenters.